The molecule has 0 spiro atoms. The molecular formula is C27H34N4O3S. The molecule has 0 aromatic heterocycles. The molecule has 0 saturated carbocycles. The van der Waals surface area contributed by atoms with Crippen molar-refractivity contribution in [1.82, 2.24) is 15.5 Å². The van der Waals surface area contributed by atoms with Crippen LogP contribution in [0.4, 0.5) is 10.5 Å². The lowest BCUT2D eigenvalue weighted by Gasteiger charge is -2.38. The lowest BCUT2D eigenvalue weighted by atomic mass is 9.95. The number of piperazine rings is 1. The molecule has 35 heavy (non-hydrogen) atoms. The Morgan fingerprint density at radius 3 is 2.43 bits per heavy atom. The highest BCUT2D eigenvalue weighted by molar-refractivity contribution is 7.98. The van der Waals surface area contributed by atoms with Gasteiger partial charge >= 0.3 is 12.0 Å². The Balaban J connectivity index is 1.55. The highest BCUT2D eigenvalue weighted by atomic mass is 32.2. The van der Waals surface area contributed by atoms with Crippen LogP contribution in [0.3, 0.4) is 0 Å². The molecule has 0 aliphatic carbocycles. The number of esters is 1. The van der Waals surface area contributed by atoms with Gasteiger partial charge in [0.15, 0.2) is 0 Å². The fourth-order valence-corrected chi connectivity index (χ4v) is 5.18. The Morgan fingerprint density at radius 1 is 1.09 bits per heavy atom. The number of aryl methyl sites for hydroxylation is 2. The summed E-state index contributed by atoms with van der Waals surface area (Å²) in [6.45, 7) is 10.3. The number of nitrogens with one attached hydrogen (secondary N) is 2. The van der Waals surface area contributed by atoms with E-state index in [1.54, 1.807) is 18.7 Å². The molecule has 8 heteroatoms. The quantitative estimate of drug-likeness (QED) is 0.448. The molecule has 186 valence electrons. The normalized spacial score (nSPS) is 18.8. The number of rotatable bonds is 7. The average Bonchev–Trinajstić information content (AvgIpc) is 2.84. The van der Waals surface area contributed by atoms with E-state index in [1.807, 2.05) is 30.5 Å². The maximum atomic E-state index is 13.1. The van der Waals surface area contributed by atoms with Crippen molar-refractivity contribution in [2.45, 2.75) is 31.7 Å². The number of hydrogen-bond acceptors (Lipinski definition) is 6. The van der Waals surface area contributed by atoms with Crippen molar-refractivity contribution in [2.75, 3.05) is 50.5 Å². The van der Waals surface area contributed by atoms with Crippen LogP contribution in [0.25, 0.3) is 0 Å². The van der Waals surface area contributed by atoms with Gasteiger partial charge in [-0.3, -0.25) is 4.90 Å². The molecule has 0 unspecified atom stereocenters. The highest BCUT2D eigenvalue weighted by Gasteiger charge is 2.34. The van der Waals surface area contributed by atoms with Crippen LogP contribution < -0.4 is 15.5 Å². The second kappa shape index (κ2) is 11.2. The fourth-order valence-electron chi connectivity index (χ4n) is 4.77. The number of thioether (sulfide) groups is 1. The van der Waals surface area contributed by atoms with Crippen molar-refractivity contribution in [3.63, 3.8) is 0 Å². The summed E-state index contributed by atoms with van der Waals surface area (Å²) >= 11 is 1.65. The van der Waals surface area contributed by atoms with Crippen molar-refractivity contribution in [3.05, 3.63) is 70.4 Å². The molecule has 0 bridgehead atoms. The van der Waals surface area contributed by atoms with Gasteiger partial charge < -0.3 is 20.3 Å². The zero-order valence-corrected chi connectivity index (χ0v) is 21.7. The Hall–Kier alpha value is -2.97. The molecule has 2 heterocycles. The molecule has 2 aliphatic rings. The molecule has 2 aliphatic heterocycles. The second-order valence-corrected chi connectivity index (χ2v) is 9.85. The molecule has 1 atom stereocenters. The number of ether oxygens (including phenoxy) is 1. The largest absolute Gasteiger partial charge is 0.463 e. The number of nitrogens with zero attached hydrogens (tertiary/aromatic N) is 2. The summed E-state index contributed by atoms with van der Waals surface area (Å²) in [4.78, 5) is 31.5. The van der Waals surface area contributed by atoms with Crippen LogP contribution >= 0.6 is 11.8 Å². The lowest BCUT2D eigenvalue weighted by molar-refractivity contribution is -0.139. The van der Waals surface area contributed by atoms with E-state index in [2.05, 4.69) is 52.5 Å². The van der Waals surface area contributed by atoms with Crippen LogP contribution in [0.15, 0.2) is 58.6 Å². The van der Waals surface area contributed by atoms with Gasteiger partial charge in [-0.25, -0.2) is 9.59 Å². The van der Waals surface area contributed by atoms with E-state index in [9.17, 15) is 9.59 Å². The first-order valence-corrected chi connectivity index (χ1v) is 13.3. The maximum Gasteiger partial charge on any atom is 0.338 e. The predicted molar refractivity (Wildman–Crippen MR) is 141 cm³/mol. The predicted octanol–water partition coefficient (Wildman–Crippen LogP) is 4.02. The molecule has 1 saturated heterocycles. The van der Waals surface area contributed by atoms with Crippen molar-refractivity contribution >= 4 is 29.4 Å². The maximum absolute atomic E-state index is 13.1. The van der Waals surface area contributed by atoms with E-state index >= 15 is 0 Å². The van der Waals surface area contributed by atoms with Crippen LogP contribution in [-0.2, 0) is 9.53 Å². The van der Waals surface area contributed by atoms with Crippen LogP contribution in [0.2, 0.25) is 0 Å². The fraction of sp³-hybridized carbons (Fsp3) is 0.407. The molecule has 2 aromatic rings. The van der Waals surface area contributed by atoms with Gasteiger partial charge in [0.25, 0.3) is 0 Å². The minimum atomic E-state index is -0.551. The first-order valence-electron chi connectivity index (χ1n) is 12.1. The van der Waals surface area contributed by atoms with Crippen LogP contribution in [0.5, 0.6) is 0 Å². The third-order valence-corrected chi connectivity index (χ3v) is 7.29. The SMILES string of the molecule is CCOC(=O)C1=C(CN2CCN(c3ccc(C)cc3C)CC2)NC(=O)N[C@@H]1c1ccc(SC)cc1. The van der Waals surface area contributed by atoms with E-state index < -0.39 is 12.0 Å². The number of carbonyl (C=O) groups excluding carboxylic acids is 2. The summed E-state index contributed by atoms with van der Waals surface area (Å²) in [5.41, 5.74) is 5.77. The molecule has 2 aromatic carbocycles. The van der Waals surface area contributed by atoms with Crippen LogP contribution in [-0.4, -0.2) is 62.5 Å². The van der Waals surface area contributed by atoms with Gasteiger partial charge in [-0.15, -0.1) is 11.8 Å². The van der Waals surface area contributed by atoms with Crippen LogP contribution in [0, 0.1) is 13.8 Å². The Labute approximate surface area is 211 Å². The van der Waals surface area contributed by atoms with Crippen molar-refractivity contribution < 1.29 is 14.3 Å². The summed E-state index contributed by atoms with van der Waals surface area (Å²) in [5.74, 6) is -0.400. The molecule has 4 rings (SSSR count). The molecular weight excluding hydrogens is 460 g/mol. The van der Waals surface area contributed by atoms with Gasteiger partial charge in [0.05, 0.1) is 18.2 Å². The molecule has 1 fully saturated rings. The number of urea groups is 1. The zero-order chi connectivity index (χ0) is 24.9. The number of carbonyl (C=O) groups is 2. The third kappa shape index (κ3) is 5.82. The van der Waals surface area contributed by atoms with Gasteiger partial charge in [-0.2, -0.15) is 0 Å². The van der Waals surface area contributed by atoms with E-state index in [0.29, 0.717) is 17.8 Å². The van der Waals surface area contributed by atoms with Gasteiger partial charge in [-0.05, 0) is 56.4 Å². The van der Waals surface area contributed by atoms with E-state index in [0.717, 1.165) is 36.6 Å². The Morgan fingerprint density at radius 2 is 1.80 bits per heavy atom. The Kier molecular flexibility index (Phi) is 8.03. The van der Waals surface area contributed by atoms with E-state index in [4.69, 9.17) is 4.74 Å². The number of amides is 2. The summed E-state index contributed by atoms with van der Waals surface area (Å²) in [6, 6.07) is 13.6. The first kappa shape index (κ1) is 25.1. The average molecular weight is 495 g/mol. The standard InChI is InChI=1S/C27H34N4O3S/c1-5-34-26(32)24-22(28-27(33)29-25(24)20-7-9-21(35-4)10-8-20)17-30-12-14-31(15-13-30)23-11-6-18(2)16-19(23)3/h6-11,16,25H,5,12-15,17H2,1-4H3,(H2,28,29,33)/t25-/m1/s1. The van der Waals surface area contributed by atoms with Gasteiger partial charge in [0.2, 0.25) is 0 Å². The lowest BCUT2D eigenvalue weighted by Crippen LogP contribution is -2.52. The molecule has 2 N–H and O–H groups in total. The van der Waals surface area contributed by atoms with Crippen LogP contribution in [0.1, 0.15) is 29.7 Å². The van der Waals surface area contributed by atoms with E-state index in [-0.39, 0.29) is 12.6 Å². The summed E-state index contributed by atoms with van der Waals surface area (Å²) in [7, 11) is 0. The van der Waals surface area contributed by atoms with Crippen molar-refractivity contribution in [3.8, 4) is 0 Å². The van der Waals surface area contributed by atoms with Crippen molar-refractivity contribution in [1.29, 1.82) is 0 Å². The molecule has 2 amide bonds. The molecule has 7 nitrogen and oxygen atoms in total. The number of benzene rings is 2. The summed E-state index contributed by atoms with van der Waals surface area (Å²) in [6.07, 6.45) is 2.02. The topological polar surface area (TPSA) is 73.9 Å². The van der Waals surface area contributed by atoms with Gasteiger partial charge in [-0.1, -0.05) is 29.8 Å². The number of hydrogen-bond donors (Lipinski definition) is 2. The minimum absolute atomic E-state index is 0.274. The van der Waals surface area contributed by atoms with Gasteiger partial charge in [0, 0.05) is 49.0 Å². The van der Waals surface area contributed by atoms with E-state index in [1.165, 1.54) is 16.8 Å². The molecule has 0 radical (unpaired) electrons. The summed E-state index contributed by atoms with van der Waals surface area (Å²) in [5, 5.41) is 5.83. The minimum Gasteiger partial charge on any atom is -0.463 e. The second-order valence-electron chi connectivity index (χ2n) is 8.97. The summed E-state index contributed by atoms with van der Waals surface area (Å²) < 4.78 is 5.41. The Bertz CT molecular complexity index is 1110. The van der Waals surface area contributed by atoms with Gasteiger partial charge in [0.1, 0.15) is 0 Å². The first-order chi connectivity index (χ1) is 16.9. The highest BCUT2D eigenvalue weighted by Crippen LogP contribution is 2.30. The third-order valence-electron chi connectivity index (χ3n) is 6.55. The zero-order valence-electron chi connectivity index (χ0n) is 20.9. The number of anilines is 1. The monoisotopic (exact) mass is 494 g/mol. The smallest absolute Gasteiger partial charge is 0.338 e. The van der Waals surface area contributed by atoms with Crippen molar-refractivity contribution in [2.24, 2.45) is 0 Å².